The van der Waals surface area contributed by atoms with Gasteiger partial charge in [0.1, 0.15) is 28.8 Å². The Morgan fingerprint density at radius 3 is 2.93 bits per heavy atom. The topological polar surface area (TPSA) is 90.5 Å². The minimum Gasteiger partial charge on any atom is -0.497 e. The number of aromatic nitrogens is 2. The summed E-state index contributed by atoms with van der Waals surface area (Å²) in [5.74, 6) is 1.03. The number of nitrogens with zero attached hydrogens (tertiary/aromatic N) is 1. The predicted octanol–water partition coefficient (Wildman–Crippen LogP) is 3.25. The van der Waals surface area contributed by atoms with Crippen molar-refractivity contribution in [3.63, 3.8) is 0 Å². The maximum absolute atomic E-state index is 12.4. The SMILES string of the molecule is COc1ccc(/C=C/C(=O)OCc2nc3sc4c(c3c(=O)[nH]2)CCC4)c(OC)c1. The van der Waals surface area contributed by atoms with E-state index in [9.17, 15) is 9.59 Å². The molecule has 29 heavy (non-hydrogen) atoms. The molecule has 4 rings (SSSR count). The summed E-state index contributed by atoms with van der Waals surface area (Å²) in [7, 11) is 3.12. The third-order valence-corrected chi connectivity index (χ3v) is 6.00. The van der Waals surface area contributed by atoms with Gasteiger partial charge in [-0.15, -0.1) is 11.3 Å². The first-order valence-corrected chi connectivity index (χ1v) is 10.0. The molecule has 0 saturated heterocycles. The smallest absolute Gasteiger partial charge is 0.331 e. The van der Waals surface area contributed by atoms with E-state index in [-0.39, 0.29) is 12.2 Å². The van der Waals surface area contributed by atoms with Crippen LogP contribution in [-0.2, 0) is 29.0 Å². The van der Waals surface area contributed by atoms with E-state index in [2.05, 4.69) is 9.97 Å². The molecule has 0 unspecified atom stereocenters. The number of rotatable bonds is 6. The third-order valence-electron chi connectivity index (χ3n) is 4.81. The van der Waals surface area contributed by atoms with Crippen LogP contribution in [0.5, 0.6) is 11.5 Å². The first kappa shape index (κ1) is 19.2. The molecule has 1 N–H and O–H groups in total. The van der Waals surface area contributed by atoms with Crippen molar-refractivity contribution < 1.29 is 19.0 Å². The normalized spacial score (nSPS) is 13.0. The molecular weight excluding hydrogens is 392 g/mol. The number of benzene rings is 1. The number of hydrogen-bond donors (Lipinski definition) is 1. The molecule has 1 aliphatic carbocycles. The molecule has 3 aromatic rings. The average molecular weight is 412 g/mol. The maximum atomic E-state index is 12.4. The quantitative estimate of drug-likeness (QED) is 0.494. The molecule has 7 nitrogen and oxygen atoms in total. The number of nitrogens with one attached hydrogen (secondary N) is 1. The van der Waals surface area contributed by atoms with Gasteiger partial charge in [0.25, 0.3) is 5.56 Å². The molecule has 1 aliphatic rings. The number of methoxy groups -OCH3 is 2. The Labute approximate surface area is 171 Å². The fourth-order valence-corrected chi connectivity index (χ4v) is 4.70. The molecule has 0 amide bonds. The van der Waals surface area contributed by atoms with E-state index >= 15 is 0 Å². The number of hydrogen-bond acceptors (Lipinski definition) is 7. The number of thiophene rings is 1. The van der Waals surface area contributed by atoms with E-state index in [0.29, 0.717) is 33.1 Å². The number of carbonyl (C=O) groups is 1. The van der Waals surface area contributed by atoms with E-state index in [1.54, 1.807) is 49.8 Å². The molecule has 0 saturated carbocycles. The Morgan fingerprint density at radius 2 is 2.14 bits per heavy atom. The zero-order chi connectivity index (χ0) is 20.4. The van der Waals surface area contributed by atoms with Crippen molar-refractivity contribution in [3.05, 3.63) is 56.5 Å². The summed E-state index contributed by atoms with van der Waals surface area (Å²) in [5.41, 5.74) is 1.67. The Hall–Kier alpha value is -3.13. The number of aryl methyl sites for hydroxylation is 2. The zero-order valence-electron chi connectivity index (χ0n) is 16.1. The van der Waals surface area contributed by atoms with Crippen LogP contribution in [0.4, 0.5) is 0 Å². The fraction of sp³-hybridized carbons (Fsp3) is 0.286. The number of esters is 1. The van der Waals surface area contributed by atoms with Gasteiger partial charge >= 0.3 is 5.97 Å². The Kier molecular flexibility index (Phi) is 5.35. The molecular formula is C21H20N2O5S. The molecule has 0 bridgehead atoms. The zero-order valence-corrected chi connectivity index (χ0v) is 16.9. The number of carbonyl (C=O) groups excluding carboxylic acids is 1. The Bertz CT molecular complexity index is 1160. The van der Waals surface area contributed by atoms with Crippen LogP contribution in [0.2, 0.25) is 0 Å². The summed E-state index contributed by atoms with van der Waals surface area (Å²) in [6.45, 7) is -0.101. The van der Waals surface area contributed by atoms with Crippen LogP contribution in [0, 0.1) is 0 Å². The van der Waals surface area contributed by atoms with Crippen LogP contribution >= 0.6 is 11.3 Å². The summed E-state index contributed by atoms with van der Waals surface area (Å²) in [4.78, 5) is 33.7. The van der Waals surface area contributed by atoms with Crippen molar-refractivity contribution in [1.29, 1.82) is 0 Å². The van der Waals surface area contributed by atoms with Crippen LogP contribution in [0.15, 0.2) is 29.1 Å². The van der Waals surface area contributed by atoms with Crippen LogP contribution < -0.4 is 15.0 Å². The maximum Gasteiger partial charge on any atom is 0.331 e. The van der Waals surface area contributed by atoms with Gasteiger partial charge in [0.15, 0.2) is 0 Å². The van der Waals surface area contributed by atoms with E-state index < -0.39 is 5.97 Å². The van der Waals surface area contributed by atoms with E-state index in [0.717, 1.165) is 24.8 Å². The standard InChI is InChI=1S/C21H20N2O5S/c1-26-13-8-6-12(15(10-13)27-2)7-9-18(24)28-11-17-22-20(25)19-14-4-3-5-16(14)29-21(19)23-17/h6-10H,3-5,11H2,1-2H3,(H,22,23,25)/b9-7+. The van der Waals surface area contributed by atoms with Gasteiger partial charge in [0.2, 0.25) is 0 Å². The van der Waals surface area contributed by atoms with Crippen molar-refractivity contribution in [3.8, 4) is 11.5 Å². The summed E-state index contributed by atoms with van der Waals surface area (Å²) in [5, 5.41) is 0.684. The number of H-pyrrole nitrogens is 1. The van der Waals surface area contributed by atoms with Crippen molar-refractivity contribution in [1.82, 2.24) is 9.97 Å². The van der Waals surface area contributed by atoms with E-state index in [1.165, 1.54) is 11.0 Å². The van der Waals surface area contributed by atoms with E-state index in [1.807, 2.05) is 0 Å². The molecule has 8 heteroatoms. The van der Waals surface area contributed by atoms with E-state index in [4.69, 9.17) is 14.2 Å². The number of aromatic amines is 1. The highest BCUT2D eigenvalue weighted by Gasteiger charge is 2.21. The van der Waals surface area contributed by atoms with Gasteiger partial charge in [-0.1, -0.05) is 0 Å². The predicted molar refractivity (Wildman–Crippen MR) is 111 cm³/mol. The lowest BCUT2D eigenvalue weighted by molar-refractivity contribution is -0.139. The van der Waals surface area contributed by atoms with Crippen LogP contribution in [0.1, 0.15) is 28.2 Å². The second-order valence-electron chi connectivity index (χ2n) is 6.60. The first-order chi connectivity index (χ1) is 14.1. The molecule has 150 valence electrons. The van der Waals surface area contributed by atoms with Gasteiger partial charge in [-0.3, -0.25) is 4.79 Å². The highest BCUT2D eigenvalue weighted by Crippen LogP contribution is 2.34. The minimum absolute atomic E-state index is 0.101. The molecule has 1 aromatic carbocycles. The lowest BCUT2D eigenvalue weighted by Crippen LogP contribution is -2.13. The lowest BCUT2D eigenvalue weighted by atomic mass is 10.2. The first-order valence-electron chi connectivity index (χ1n) is 9.19. The van der Waals surface area contributed by atoms with Crippen molar-refractivity contribution in [2.75, 3.05) is 14.2 Å². The highest BCUT2D eigenvalue weighted by molar-refractivity contribution is 7.18. The molecule has 0 radical (unpaired) electrons. The lowest BCUT2D eigenvalue weighted by Gasteiger charge is -2.07. The summed E-state index contributed by atoms with van der Waals surface area (Å²) in [6, 6.07) is 5.29. The van der Waals surface area contributed by atoms with Crippen molar-refractivity contribution >= 4 is 33.6 Å². The minimum atomic E-state index is -0.542. The molecule has 0 atom stereocenters. The molecule has 2 heterocycles. The van der Waals surface area contributed by atoms with Gasteiger partial charge in [-0.2, -0.15) is 0 Å². The van der Waals surface area contributed by atoms with Gasteiger partial charge < -0.3 is 19.2 Å². The summed E-state index contributed by atoms with van der Waals surface area (Å²) >= 11 is 1.55. The molecule has 0 aliphatic heterocycles. The van der Waals surface area contributed by atoms with Crippen LogP contribution in [-0.4, -0.2) is 30.2 Å². The van der Waals surface area contributed by atoms with Crippen LogP contribution in [0.25, 0.3) is 16.3 Å². The Balaban J connectivity index is 1.45. The third kappa shape index (κ3) is 3.88. The Morgan fingerprint density at radius 1 is 1.28 bits per heavy atom. The van der Waals surface area contributed by atoms with Crippen LogP contribution in [0.3, 0.4) is 0 Å². The number of fused-ring (bicyclic) bond motifs is 3. The van der Waals surface area contributed by atoms with Crippen molar-refractivity contribution in [2.24, 2.45) is 0 Å². The van der Waals surface area contributed by atoms with Gasteiger partial charge in [0.05, 0.1) is 19.6 Å². The average Bonchev–Trinajstić information content (AvgIpc) is 3.31. The number of ether oxygens (including phenoxy) is 3. The molecule has 0 spiro atoms. The monoisotopic (exact) mass is 412 g/mol. The molecule has 0 fully saturated rings. The van der Waals surface area contributed by atoms with Crippen molar-refractivity contribution in [2.45, 2.75) is 25.9 Å². The fourth-order valence-electron chi connectivity index (χ4n) is 3.42. The summed E-state index contributed by atoms with van der Waals surface area (Å²) < 4.78 is 15.7. The second-order valence-corrected chi connectivity index (χ2v) is 7.68. The summed E-state index contributed by atoms with van der Waals surface area (Å²) in [6.07, 6.45) is 5.92. The van der Waals surface area contributed by atoms with Gasteiger partial charge in [-0.25, -0.2) is 9.78 Å². The van der Waals surface area contributed by atoms with Gasteiger partial charge in [-0.05, 0) is 43.0 Å². The largest absolute Gasteiger partial charge is 0.497 e. The second kappa shape index (κ2) is 8.08. The van der Waals surface area contributed by atoms with Gasteiger partial charge in [0, 0.05) is 22.6 Å². The highest BCUT2D eigenvalue weighted by atomic mass is 32.1. The molecule has 2 aromatic heterocycles.